The summed E-state index contributed by atoms with van der Waals surface area (Å²) in [6.07, 6.45) is 2.39. The molecule has 0 amide bonds. The first-order valence-corrected chi connectivity index (χ1v) is 5.27. The van der Waals surface area contributed by atoms with Gasteiger partial charge in [-0.25, -0.2) is 0 Å². The van der Waals surface area contributed by atoms with Crippen LogP contribution in [0.4, 0.5) is 0 Å². The van der Waals surface area contributed by atoms with Crippen molar-refractivity contribution in [3.63, 3.8) is 0 Å². The lowest BCUT2D eigenvalue weighted by Gasteiger charge is -2.17. The molecule has 0 aromatic heterocycles. The van der Waals surface area contributed by atoms with Crippen molar-refractivity contribution in [1.82, 2.24) is 10.2 Å². The van der Waals surface area contributed by atoms with Gasteiger partial charge in [-0.15, -0.1) is 0 Å². The molecule has 0 aromatic rings. The summed E-state index contributed by atoms with van der Waals surface area (Å²) in [5.74, 6) is 0.839. The minimum Gasteiger partial charge on any atom is -0.392 e. The second-order valence-electron chi connectivity index (χ2n) is 4.16. The molecule has 1 fully saturated rings. The summed E-state index contributed by atoms with van der Waals surface area (Å²) in [6.45, 7) is 6.16. The van der Waals surface area contributed by atoms with Crippen molar-refractivity contribution in [2.45, 2.75) is 25.9 Å². The Balaban J connectivity index is 2.12. The molecule has 3 nitrogen and oxygen atoms in total. The van der Waals surface area contributed by atoms with E-state index in [-0.39, 0.29) is 6.10 Å². The largest absolute Gasteiger partial charge is 0.392 e. The zero-order valence-corrected chi connectivity index (χ0v) is 8.79. The van der Waals surface area contributed by atoms with Crippen LogP contribution in [0.2, 0.25) is 0 Å². The molecule has 2 atom stereocenters. The summed E-state index contributed by atoms with van der Waals surface area (Å²) >= 11 is 0. The molecule has 0 aromatic carbocycles. The van der Waals surface area contributed by atoms with Crippen molar-refractivity contribution < 1.29 is 5.11 Å². The molecule has 0 aliphatic carbocycles. The average molecular weight is 186 g/mol. The van der Waals surface area contributed by atoms with E-state index in [1.165, 1.54) is 25.9 Å². The summed E-state index contributed by atoms with van der Waals surface area (Å²) in [6, 6.07) is 0. The summed E-state index contributed by atoms with van der Waals surface area (Å²) in [5.41, 5.74) is 0. The van der Waals surface area contributed by atoms with Crippen LogP contribution in [0.3, 0.4) is 0 Å². The van der Waals surface area contributed by atoms with Crippen molar-refractivity contribution in [3.05, 3.63) is 0 Å². The van der Waals surface area contributed by atoms with E-state index in [4.69, 9.17) is 0 Å². The van der Waals surface area contributed by atoms with E-state index in [0.717, 1.165) is 19.0 Å². The Morgan fingerprint density at radius 1 is 1.62 bits per heavy atom. The number of likely N-dealkylation sites (tertiary alicyclic amines) is 1. The molecule has 1 heterocycles. The SMILES string of the molecule is CNCCC1CCN(CC(C)O)C1. The summed E-state index contributed by atoms with van der Waals surface area (Å²) < 4.78 is 0. The maximum Gasteiger partial charge on any atom is 0.0639 e. The maximum absolute atomic E-state index is 9.22. The van der Waals surface area contributed by atoms with Gasteiger partial charge in [-0.05, 0) is 45.8 Å². The molecular formula is C10H22N2O. The highest BCUT2D eigenvalue weighted by Gasteiger charge is 2.22. The van der Waals surface area contributed by atoms with Gasteiger partial charge in [0.15, 0.2) is 0 Å². The van der Waals surface area contributed by atoms with Gasteiger partial charge in [-0.1, -0.05) is 0 Å². The quantitative estimate of drug-likeness (QED) is 0.648. The Morgan fingerprint density at radius 3 is 3.00 bits per heavy atom. The van der Waals surface area contributed by atoms with Gasteiger partial charge in [0.25, 0.3) is 0 Å². The molecular weight excluding hydrogens is 164 g/mol. The molecule has 3 heteroatoms. The standard InChI is InChI=1S/C10H22N2O/c1-9(13)7-12-6-4-10(8-12)3-5-11-2/h9-11,13H,3-8H2,1-2H3. The highest BCUT2D eigenvalue weighted by Crippen LogP contribution is 2.18. The highest BCUT2D eigenvalue weighted by atomic mass is 16.3. The lowest BCUT2D eigenvalue weighted by atomic mass is 10.1. The molecule has 13 heavy (non-hydrogen) atoms. The Labute approximate surface area is 81.1 Å². The van der Waals surface area contributed by atoms with Crippen LogP contribution in [-0.2, 0) is 0 Å². The van der Waals surface area contributed by atoms with Crippen LogP contribution < -0.4 is 5.32 Å². The van der Waals surface area contributed by atoms with E-state index in [1.54, 1.807) is 0 Å². The molecule has 1 aliphatic rings. The van der Waals surface area contributed by atoms with Crippen LogP contribution >= 0.6 is 0 Å². The number of aliphatic hydroxyl groups excluding tert-OH is 1. The number of hydrogen-bond acceptors (Lipinski definition) is 3. The van der Waals surface area contributed by atoms with Gasteiger partial charge < -0.3 is 15.3 Å². The number of hydrogen-bond donors (Lipinski definition) is 2. The molecule has 78 valence electrons. The Morgan fingerprint density at radius 2 is 2.38 bits per heavy atom. The van der Waals surface area contributed by atoms with E-state index < -0.39 is 0 Å². The first-order valence-electron chi connectivity index (χ1n) is 5.27. The fourth-order valence-corrected chi connectivity index (χ4v) is 2.04. The molecule has 1 saturated heterocycles. The molecule has 0 saturated carbocycles. The third-order valence-electron chi connectivity index (χ3n) is 2.69. The molecule has 1 rings (SSSR count). The van der Waals surface area contributed by atoms with Crippen molar-refractivity contribution in [3.8, 4) is 0 Å². The van der Waals surface area contributed by atoms with Crippen molar-refractivity contribution in [2.24, 2.45) is 5.92 Å². The number of rotatable bonds is 5. The Bertz CT molecular complexity index is 139. The van der Waals surface area contributed by atoms with Crippen molar-refractivity contribution >= 4 is 0 Å². The number of nitrogens with one attached hydrogen (secondary N) is 1. The van der Waals surface area contributed by atoms with E-state index in [1.807, 2.05) is 14.0 Å². The summed E-state index contributed by atoms with van der Waals surface area (Å²) in [5, 5.41) is 12.4. The molecule has 1 aliphatic heterocycles. The zero-order chi connectivity index (χ0) is 9.68. The Kier molecular flexibility index (Phi) is 4.70. The minimum atomic E-state index is -0.178. The van der Waals surface area contributed by atoms with E-state index in [2.05, 4.69) is 10.2 Å². The second-order valence-corrected chi connectivity index (χ2v) is 4.16. The van der Waals surface area contributed by atoms with Gasteiger partial charge >= 0.3 is 0 Å². The third-order valence-corrected chi connectivity index (χ3v) is 2.69. The zero-order valence-electron chi connectivity index (χ0n) is 8.79. The van der Waals surface area contributed by atoms with E-state index in [0.29, 0.717) is 0 Å². The summed E-state index contributed by atoms with van der Waals surface area (Å²) in [4.78, 5) is 2.37. The van der Waals surface area contributed by atoms with Crippen LogP contribution in [0, 0.1) is 5.92 Å². The number of nitrogens with zero attached hydrogens (tertiary/aromatic N) is 1. The molecule has 0 spiro atoms. The molecule has 2 N–H and O–H groups in total. The smallest absolute Gasteiger partial charge is 0.0639 e. The predicted octanol–water partition coefficient (Wildman–Crippen LogP) is 0.299. The minimum absolute atomic E-state index is 0.178. The van der Waals surface area contributed by atoms with Gasteiger partial charge in [0.05, 0.1) is 6.10 Å². The lowest BCUT2D eigenvalue weighted by molar-refractivity contribution is 0.138. The number of aliphatic hydroxyl groups is 1. The predicted molar refractivity (Wildman–Crippen MR) is 54.8 cm³/mol. The van der Waals surface area contributed by atoms with Crippen LogP contribution in [0.5, 0.6) is 0 Å². The summed E-state index contributed by atoms with van der Waals surface area (Å²) in [7, 11) is 2.00. The van der Waals surface area contributed by atoms with E-state index >= 15 is 0 Å². The number of β-amino-alcohol motifs (C(OH)–C–C–N with tert-alkyl or cyclic N) is 1. The van der Waals surface area contributed by atoms with Crippen LogP contribution in [0.25, 0.3) is 0 Å². The van der Waals surface area contributed by atoms with Gasteiger partial charge in [-0.2, -0.15) is 0 Å². The normalized spacial score (nSPS) is 26.5. The second kappa shape index (κ2) is 5.58. The van der Waals surface area contributed by atoms with Crippen LogP contribution in [-0.4, -0.2) is 49.3 Å². The van der Waals surface area contributed by atoms with Gasteiger partial charge in [0.1, 0.15) is 0 Å². The van der Waals surface area contributed by atoms with Gasteiger partial charge in [-0.3, -0.25) is 0 Å². The first-order chi connectivity index (χ1) is 6.22. The highest BCUT2D eigenvalue weighted by molar-refractivity contribution is 4.76. The monoisotopic (exact) mass is 186 g/mol. The fraction of sp³-hybridized carbons (Fsp3) is 1.00. The van der Waals surface area contributed by atoms with Crippen LogP contribution in [0.15, 0.2) is 0 Å². The molecule has 0 radical (unpaired) electrons. The van der Waals surface area contributed by atoms with E-state index in [9.17, 15) is 5.11 Å². The average Bonchev–Trinajstić information content (AvgIpc) is 2.48. The first kappa shape index (κ1) is 11.0. The molecule has 0 bridgehead atoms. The van der Waals surface area contributed by atoms with Crippen molar-refractivity contribution in [2.75, 3.05) is 33.2 Å². The topological polar surface area (TPSA) is 35.5 Å². The maximum atomic E-state index is 9.22. The fourth-order valence-electron chi connectivity index (χ4n) is 2.04. The Hall–Kier alpha value is -0.120. The van der Waals surface area contributed by atoms with Crippen LogP contribution in [0.1, 0.15) is 19.8 Å². The third kappa shape index (κ3) is 4.07. The molecule has 2 unspecified atom stereocenters. The van der Waals surface area contributed by atoms with Crippen molar-refractivity contribution in [1.29, 1.82) is 0 Å². The van der Waals surface area contributed by atoms with Gasteiger partial charge in [0.2, 0.25) is 0 Å². The van der Waals surface area contributed by atoms with Gasteiger partial charge in [0, 0.05) is 13.1 Å². The lowest BCUT2D eigenvalue weighted by Crippen LogP contribution is -2.29.